The van der Waals surface area contributed by atoms with Crippen molar-refractivity contribution in [2.75, 3.05) is 0 Å². The number of aromatic amines is 1. The lowest BCUT2D eigenvalue weighted by atomic mass is 9.72. The summed E-state index contributed by atoms with van der Waals surface area (Å²) in [6.45, 7) is 1.78. The average molecular weight is 448 g/mol. The summed E-state index contributed by atoms with van der Waals surface area (Å²) in [6, 6.07) is 5.97. The van der Waals surface area contributed by atoms with E-state index < -0.39 is 18.0 Å². The lowest BCUT2D eigenvalue weighted by Gasteiger charge is -2.34. The number of nitriles is 1. The molecule has 4 heterocycles. The normalized spacial score (nSPS) is 18.8. The van der Waals surface area contributed by atoms with Crippen LogP contribution in [0.1, 0.15) is 72.7 Å². The fourth-order valence-electron chi connectivity index (χ4n) is 4.16. The molecule has 1 aliphatic carbocycles. The maximum atomic E-state index is 12.9. The highest BCUT2D eigenvalue weighted by molar-refractivity contribution is 5.80. The largest absolute Gasteiger partial charge is 0.310 e. The fourth-order valence-corrected chi connectivity index (χ4v) is 4.16. The summed E-state index contributed by atoms with van der Waals surface area (Å²) >= 11 is 0. The van der Waals surface area contributed by atoms with E-state index in [9.17, 15) is 18.8 Å². The smallest absolute Gasteiger partial charge is 0.280 e. The Morgan fingerprint density at radius 3 is 2.55 bits per heavy atom. The van der Waals surface area contributed by atoms with Gasteiger partial charge in [-0.25, -0.2) is 28.4 Å². The van der Waals surface area contributed by atoms with Gasteiger partial charge in [0.25, 0.3) is 12.0 Å². The Labute approximate surface area is 186 Å². The molecule has 0 aliphatic heterocycles. The third-order valence-corrected chi connectivity index (χ3v) is 6.11. The van der Waals surface area contributed by atoms with Crippen LogP contribution >= 0.6 is 0 Å². The van der Waals surface area contributed by atoms with Crippen LogP contribution in [0.5, 0.6) is 0 Å². The molecular weight excluding hydrogens is 430 g/mol. The number of rotatable bonds is 5. The molecule has 5 rings (SSSR count). The summed E-state index contributed by atoms with van der Waals surface area (Å²) in [5, 5.41) is 13.9. The van der Waals surface area contributed by atoms with Gasteiger partial charge in [0.05, 0.1) is 6.04 Å². The maximum Gasteiger partial charge on any atom is 0.280 e. The van der Waals surface area contributed by atoms with Crippen LogP contribution in [0.25, 0.3) is 11.0 Å². The minimum absolute atomic E-state index is 0.0297. The number of halogens is 2. The molecule has 1 N–H and O–H groups in total. The number of fused-ring (bicyclic) bond motifs is 1. The van der Waals surface area contributed by atoms with E-state index in [1.54, 1.807) is 25.4 Å². The summed E-state index contributed by atoms with van der Waals surface area (Å²) in [5.74, 6) is 1.14. The molecule has 11 heteroatoms. The highest BCUT2D eigenvalue weighted by Crippen LogP contribution is 2.46. The molecule has 0 amide bonds. The Bertz CT molecular complexity index is 1410. The molecule has 166 valence electrons. The summed E-state index contributed by atoms with van der Waals surface area (Å²) in [7, 11) is 0. The van der Waals surface area contributed by atoms with E-state index in [-0.39, 0.29) is 34.3 Å². The number of hydrogen-bond acceptors (Lipinski definition) is 7. The topological polar surface area (TPSA) is 126 Å². The molecule has 33 heavy (non-hydrogen) atoms. The molecule has 1 unspecified atom stereocenters. The van der Waals surface area contributed by atoms with Crippen molar-refractivity contribution in [1.82, 2.24) is 34.7 Å². The quantitative estimate of drug-likeness (QED) is 0.496. The lowest BCUT2D eigenvalue weighted by Crippen LogP contribution is -2.28. The van der Waals surface area contributed by atoms with Gasteiger partial charge in [0.1, 0.15) is 28.8 Å². The van der Waals surface area contributed by atoms with E-state index in [0.29, 0.717) is 17.2 Å². The minimum Gasteiger partial charge on any atom is -0.310 e. The van der Waals surface area contributed by atoms with Crippen molar-refractivity contribution in [2.24, 2.45) is 0 Å². The van der Waals surface area contributed by atoms with E-state index in [0.717, 1.165) is 12.8 Å². The van der Waals surface area contributed by atoms with Crippen molar-refractivity contribution in [3.8, 4) is 6.07 Å². The van der Waals surface area contributed by atoms with Gasteiger partial charge in [-0.05, 0) is 37.5 Å². The van der Waals surface area contributed by atoms with Gasteiger partial charge in [0, 0.05) is 30.4 Å². The summed E-state index contributed by atoms with van der Waals surface area (Å²) in [5.41, 5.74) is 0.0261. The Morgan fingerprint density at radius 1 is 1.18 bits per heavy atom. The molecule has 9 nitrogen and oxygen atoms in total. The summed E-state index contributed by atoms with van der Waals surface area (Å²) in [4.78, 5) is 32.9. The molecule has 4 aromatic rings. The fraction of sp³-hybridized carbons (Fsp3) is 0.318. The molecule has 0 saturated heterocycles. The van der Waals surface area contributed by atoms with Gasteiger partial charge < -0.3 is 4.98 Å². The van der Waals surface area contributed by atoms with Crippen molar-refractivity contribution in [3.05, 3.63) is 75.7 Å². The second kappa shape index (κ2) is 8.12. The van der Waals surface area contributed by atoms with E-state index in [2.05, 4.69) is 25.0 Å². The van der Waals surface area contributed by atoms with Crippen LogP contribution in [0.3, 0.4) is 0 Å². The van der Waals surface area contributed by atoms with E-state index in [4.69, 9.17) is 4.98 Å². The molecule has 1 saturated carbocycles. The van der Waals surface area contributed by atoms with Crippen molar-refractivity contribution in [1.29, 1.82) is 5.26 Å². The molecule has 1 fully saturated rings. The van der Waals surface area contributed by atoms with Crippen molar-refractivity contribution in [3.63, 3.8) is 0 Å². The molecule has 4 aromatic heterocycles. The zero-order chi connectivity index (χ0) is 23.1. The number of H-pyrrole nitrogens is 1. The van der Waals surface area contributed by atoms with Crippen molar-refractivity contribution < 1.29 is 8.78 Å². The summed E-state index contributed by atoms with van der Waals surface area (Å²) in [6.07, 6.45) is 3.72. The Hall–Kier alpha value is -4.07. The van der Waals surface area contributed by atoms with Crippen LogP contribution in [0.4, 0.5) is 8.78 Å². The molecule has 0 aromatic carbocycles. The molecular formula is C22H18F2N8O. The maximum absolute atomic E-state index is 12.9. The van der Waals surface area contributed by atoms with E-state index in [1.165, 1.54) is 23.0 Å². The molecule has 3 atom stereocenters. The number of pyridine rings is 1. The van der Waals surface area contributed by atoms with Crippen molar-refractivity contribution >= 4 is 11.0 Å². The average Bonchev–Trinajstić information content (AvgIpc) is 3.18. The predicted octanol–water partition coefficient (Wildman–Crippen LogP) is 3.38. The highest BCUT2D eigenvalue weighted by Gasteiger charge is 2.37. The second-order valence-electron chi connectivity index (χ2n) is 7.95. The monoisotopic (exact) mass is 448 g/mol. The van der Waals surface area contributed by atoms with E-state index >= 15 is 0 Å². The van der Waals surface area contributed by atoms with Crippen LogP contribution in [0.15, 0.2) is 41.6 Å². The molecule has 0 spiro atoms. The first-order valence-corrected chi connectivity index (χ1v) is 10.4. The van der Waals surface area contributed by atoms with Gasteiger partial charge in [0.15, 0.2) is 11.3 Å². The third kappa shape index (κ3) is 3.53. The van der Waals surface area contributed by atoms with Gasteiger partial charge in [-0.2, -0.15) is 10.4 Å². The van der Waals surface area contributed by atoms with Gasteiger partial charge >= 0.3 is 0 Å². The minimum atomic E-state index is -2.67. The molecule has 0 radical (unpaired) electrons. The van der Waals surface area contributed by atoms with Crippen molar-refractivity contribution in [2.45, 2.75) is 44.1 Å². The summed E-state index contributed by atoms with van der Waals surface area (Å²) < 4.78 is 27.2. The zero-order valence-electron chi connectivity index (χ0n) is 17.5. The highest BCUT2D eigenvalue weighted by atomic mass is 19.3. The molecule has 1 aliphatic rings. The number of hydrogen-bond donors (Lipinski definition) is 1. The number of nitrogens with zero attached hydrogens (tertiary/aromatic N) is 7. The van der Waals surface area contributed by atoms with Gasteiger partial charge in [-0.1, -0.05) is 6.07 Å². The van der Waals surface area contributed by atoms with Gasteiger partial charge in [0.2, 0.25) is 0 Å². The van der Waals surface area contributed by atoms with E-state index in [1.807, 2.05) is 6.07 Å². The second-order valence-corrected chi connectivity index (χ2v) is 7.95. The molecule has 0 bridgehead atoms. The first-order chi connectivity index (χ1) is 16.0. The number of nitrogens with one attached hydrogen (secondary N) is 1. The van der Waals surface area contributed by atoms with Gasteiger partial charge in [-0.3, -0.25) is 9.78 Å². The SMILES string of the molecule is CC(c1ccc(C(F)F)nc1)n1nc(C#N)c2c(=O)[nH]c([C@H]3CC[C@@H]3c3ncccn3)nc21. The van der Waals surface area contributed by atoms with Gasteiger partial charge in [-0.15, -0.1) is 0 Å². The zero-order valence-corrected chi connectivity index (χ0v) is 17.5. The van der Waals surface area contributed by atoms with Crippen LogP contribution in [0, 0.1) is 11.3 Å². The standard InChI is InChI=1S/C22H18F2N8O/c1-11(12-3-6-15(18(23)24)28-10-12)32-21-17(16(9-25)31-32)22(33)30-20(29-21)14-5-4-13(14)19-26-7-2-8-27-19/h2-3,6-8,10-11,13-14,18H,4-5H2,1H3,(H,29,30,33)/t11?,13-,14-/m0/s1. The van der Waals surface area contributed by atoms with Crippen LogP contribution in [-0.4, -0.2) is 34.7 Å². The third-order valence-electron chi connectivity index (χ3n) is 6.11. The van der Waals surface area contributed by atoms with Crippen LogP contribution in [-0.2, 0) is 0 Å². The Kier molecular flexibility index (Phi) is 5.12. The first kappa shape index (κ1) is 20.8. The lowest BCUT2D eigenvalue weighted by molar-refractivity contribution is 0.146. The first-order valence-electron chi connectivity index (χ1n) is 10.4. The number of alkyl halides is 2. The van der Waals surface area contributed by atoms with Crippen LogP contribution in [0.2, 0.25) is 0 Å². The Morgan fingerprint density at radius 2 is 1.94 bits per heavy atom. The Balaban J connectivity index is 1.58. The van der Waals surface area contributed by atoms with Crippen LogP contribution < -0.4 is 5.56 Å². The number of aromatic nitrogens is 7. The predicted molar refractivity (Wildman–Crippen MR) is 113 cm³/mol.